The number of likely N-dealkylation sites (tertiary alicyclic amines) is 1. The lowest BCUT2D eigenvalue weighted by Gasteiger charge is -2.35. The summed E-state index contributed by atoms with van der Waals surface area (Å²) in [5, 5.41) is 0. The second-order valence-electron chi connectivity index (χ2n) is 4.90. The molecule has 3 rings (SSSR count). The lowest BCUT2D eigenvalue weighted by molar-refractivity contribution is -0.121. The molecule has 1 aromatic rings. The number of nitrogens with zero attached hydrogens (tertiary/aromatic N) is 2. The maximum atomic E-state index is 12.0. The van der Waals surface area contributed by atoms with Crippen LogP contribution in [-0.2, 0) is 4.79 Å². The number of amides is 1. The Labute approximate surface area is 119 Å². The molecule has 5 heteroatoms. The minimum atomic E-state index is 0. The van der Waals surface area contributed by atoms with Crippen LogP contribution >= 0.6 is 12.4 Å². The molecule has 1 amide bonds. The molecule has 0 aromatic heterocycles. The third kappa shape index (κ3) is 3.01. The maximum absolute atomic E-state index is 12.0. The molecule has 0 aliphatic carbocycles. The van der Waals surface area contributed by atoms with E-state index in [1.165, 1.54) is 19.3 Å². The Morgan fingerprint density at radius 1 is 1.11 bits per heavy atom. The van der Waals surface area contributed by atoms with Gasteiger partial charge in [-0.3, -0.25) is 14.6 Å². The van der Waals surface area contributed by atoms with Gasteiger partial charge in [0, 0.05) is 0 Å². The van der Waals surface area contributed by atoms with Crippen molar-refractivity contribution >= 4 is 24.0 Å². The zero-order valence-electron chi connectivity index (χ0n) is 10.9. The molecular weight excluding hydrogens is 264 g/mol. The highest BCUT2D eigenvalue weighted by molar-refractivity contribution is 5.97. The topological polar surface area (TPSA) is 32.8 Å². The van der Waals surface area contributed by atoms with Gasteiger partial charge in [-0.05, 0) is 38.1 Å². The fraction of sp³-hybridized carbons (Fsp3) is 0.500. The van der Waals surface area contributed by atoms with E-state index in [4.69, 9.17) is 4.74 Å². The molecule has 4 nitrogen and oxygen atoms in total. The number of benzene rings is 1. The number of carbonyl (C=O) groups is 1. The second-order valence-corrected chi connectivity index (χ2v) is 4.90. The molecule has 2 heterocycles. The first-order valence-electron chi connectivity index (χ1n) is 6.59. The lowest BCUT2D eigenvalue weighted by atomic mass is 10.1. The van der Waals surface area contributed by atoms with Gasteiger partial charge in [0.05, 0.1) is 12.4 Å². The van der Waals surface area contributed by atoms with E-state index in [0.29, 0.717) is 6.67 Å². The van der Waals surface area contributed by atoms with Crippen LogP contribution in [0.25, 0.3) is 0 Å². The number of anilines is 1. The zero-order chi connectivity index (χ0) is 12.4. The second kappa shape index (κ2) is 6.26. The van der Waals surface area contributed by atoms with Crippen LogP contribution < -0.4 is 9.64 Å². The zero-order valence-corrected chi connectivity index (χ0v) is 11.7. The Bertz CT molecular complexity index is 447. The van der Waals surface area contributed by atoms with Gasteiger partial charge in [-0.1, -0.05) is 18.6 Å². The third-order valence-electron chi connectivity index (χ3n) is 3.60. The molecule has 104 valence electrons. The van der Waals surface area contributed by atoms with E-state index in [1.807, 2.05) is 29.2 Å². The van der Waals surface area contributed by atoms with Crippen molar-refractivity contribution in [3.8, 4) is 5.75 Å². The molecule has 2 aliphatic rings. The van der Waals surface area contributed by atoms with Crippen molar-refractivity contribution in [1.29, 1.82) is 0 Å². The van der Waals surface area contributed by atoms with Gasteiger partial charge >= 0.3 is 0 Å². The smallest absolute Gasteiger partial charge is 0.266 e. The molecule has 0 bridgehead atoms. The number of rotatable bonds is 2. The number of fused-ring (bicyclic) bond motifs is 1. The highest BCUT2D eigenvalue weighted by atomic mass is 35.5. The number of carbonyl (C=O) groups excluding carboxylic acids is 1. The predicted octanol–water partition coefficient (Wildman–Crippen LogP) is 2.28. The van der Waals surface area contributed by atoms with Crippen LogP contribution in [0.2, 0.25) is 0 Å². The summed E-state index contributed by atoms with van der Waals surface area (Å²) >= 11 is 0. The Hall–Kier alpha value is -1.26. The Kier molecular flexibility index (Phi) is 4.66. The van der Waals surface area contributed by atoms with Crippen molar-refractivity contribution in [1.82, 2.24) is 4.90 Å². The van der Waals surface area contributed by atoms with E-state index in [9.17, 15) is 4.79 Å². The monoisotopic (exact) mass is 282 g/mol. The summed E-state index contributed by atoms with van der Waals surface area (Å²) in [5.41, 5.74) is 0.902. The predicted molar refractivity (Wildman–Crippen MR) is 77.0 cm³/mol. The fourth-order valence-corrected chi connectivity index (χ4v) is 2.61. The molecule has 19 heavy (non-hydrogen) atoms. The van der Waals surface area contributed by atoms with Crippen LogP contribution in [0.5, 0.6) is 5.75 Å². The van der Waals surface area contributed by atoms with Crippen LogP contribution in [0.15, 0.2) is 24.3 Å². The lowest BCUT2D eigenvalue weighted by Crippen LogP contribution is -2.47. The van der Waals surface area contributed by atoms with Crippen LogP contribution in [0.4, 0.5) is 5.69 Å². The first-order valence-corrected chi connectivity index (χ1v) is 6.59. The van der Waals surface area contributed by atoms with Crippen LogP contribution in [0, 0.1) is 0 Å². The van der Waals surface area contributed by atoms with Gasteiger partial charge in [-0.25, -0.2) is 0 Å². The van der Waals surface area contributed by atoms with Crippen LogP contribution in [0.1, 0.15) is 19.3 Å². The van der Waals surface area contributed by atoms with Crippen molar-refractivity contribution in [3.05, 3.63) is 24.3 Å². The number of hydrogen-bond donors (Lipinski definition) is 0. The molecule has 0 unspecified atom stereocenters. The SMILES string of the molecule is Cl.O=C1COc2ccccc2N1CN1CCCCC1. The molecule has 0 spiro atoms. The highest BCUT2D eigenvalue weighted by Crippen LogP contribution is 2.31. The van der Waals surface area contributed by atoms with Gasteiger partial charge in [0.1, 0.15) is 5.75 Å². The molecular formula is C14H19ClN2O2. The average Bonchev–Trinajstić information content (AvgIpc) is 2.43. The average molecular weight is 283 g/mol. The van der Waals surface area contributed by atoms with Gasteiger partial charge in [0.25, 0.3) is 5.91 Å². The summed E-state index contributed by atoms with van der Waals surface area (Å²) in [4.78, 5) is 16.2. The highest BCUT2D eigenvalue weighted by Gasteiger charge is 2.26. The first-order chi connectivity index (χ1) is 8.84. The summed E-state index contributed by atoms with van der Waals surface area (Å²) in [7, 11) is 0. The summed E-state index contributed by atoms with van der Waals surface area (Å²) < 4.78 is 5.45. The third-order valence-corrected chi connectivity index (χ3v) is 3.60. The van der Waals surface area contributed by atoms with E-state index in [2.05, 4.69) is 4.90 Å². The van der Waals surface area contributed by atoms with Crippen molar-refractivity contribution in [2.45, 2.75) is 19.3 Å². The molecule has 0 atom stereocenters. The van der Waals surface area contributed by atoms with Crippen LogP contribution in [-0.4, -0.2) is 37.2 Å². The first kappa shape index (κ1) is 14.2. The number of para-hydroxylation sites is 2. The largest absolute Gasteiger partial charge is 0.482 e. The summed E-state index contributed by atoms with van der Waals surface area (Å²) in [6, 6.07) is 7.76. The minimum absolute atomic E-state index is 0. The minimum Gasteiger partial charge on any atom is -0.482 e. The summed E-state index contributed by atoms with van der Waals surface area (Å²) in [5.74, 6) is 0.869. The van der Waals surface area contributed by atoms with Gasteiger partial charge in [0.15, 0.2) is 6.61 Å². The molecule has 1 fully saturated rings. The summed E-state index contributed by atoms with van der Waals surface area (Å²) in [6.45, 7) is 3.03. The number of piperidine rings is 1. The molecule has 1 saturated heterocycles. The number of halogens is 1. The van der Waals surface area contributed by atoms with E-state index < -0.39 is 0 Å². The molecule has 0 N–H and O–H groups in total. The van der Waals surface area contributed by atoms with Gasteiger partial charge < -0.3 is 4.74 Å². The van der Waals surface area contributed by atoms with Crippen LogP contribution in [0.3, 0.4) is 0 Å². The van der Waals surface area contributed by atoms with Crippen molar-refractivity contribution in [3.63, 3.8) is 0 Å². The molecule has 1 aromatic carbocycles. The van der Waals surface area contributed by atoms with Crippen molar-refractivity contribution < 1.29 is 9.53 Å². The van der Waals surface area contributed by atoms with Gasteiger partial charge in [-0.2, -0.15) is 0 Å². The molecule has 0 saturated carbocycles. The normalized spacial score (nSPS) is 19.4. The van der Waals surface area contributed by atoms with Crippen molar-refractivity contribution in [2.24, 2.45) is 0 Å². The standard InChI is InChI=1S/C14H18N2O2.ClH/c17-14-10-18-13-7-3-2-6-12(13)16(14)11-15-8-4-1-5-9-15;/h2-3,6-7H,1,4-5,8-11H2;1H. The van der Waals surface area contributed by atoms with E-state index in [0.717, 1.165) is 24.5 Å². The molecule has 2 aliphatic heterocycles. The maximum Gasteiger partial charge on any atom is 0.266 e. The molecule has 0 radical (unpaired) electrons. The Morgan fingerprint density at radius 3 is 2.63 bits per heavy atom. The number of hydrogen-bond acceptors (Lipinski definition) is 3. The van der Waals surface area contributed by atoms with Gasteiger partial charge in [-0.15, -0.1) is 12.4 Å². The van der Waals surface area contributed by atoms with E-state index in [1.54, 1.807) is 0 Å². The Balaban J connectivity index is 0.00000133. The quantitative estimate of drug-likeness (QED) is 0.834. The van der Waals surface area contributed by atoms with E-state index in [-0.39, 0.29) is 24.9 Å². The van der Waals surface area contributed by atoms with E-state index >= 15 is 0 Å². The number of ether oxygens (including phenoxy) is 1. The summed E-state index contributed by atoms with van der Waals surface area (Å²) in [6.07, 6.45) is 3.78. The fourth-order valence-electron chi connectivity index (χ4n) is 2.61. The van der Waals surface area contributed by atoms with Gasteiger partial charge in [0.2, 0.25) is 0 Å². The van der Waals surface area contributed by atoms with Crippen molar-refractivity contribution in [2.75, 3.05) is 31.3 Å². The Morgan fingerprint density at radius 2 is 1.84 bits per heavy atom.